The minimum atomic E-state index is -4.26. The molecule has 0 aliphatic carbocycles. The van der Waals surface area contributed by atoms with E-state index in [1.807, 2.05) is 6.08 Å². The predicted octanol–water partition coefficient (Wildman–Crippen LogP) is -0.699. The van der Waals surface area contributed by atoms with E-state index in [1.54, 1.807) is 0 Å². The van der Waals surface area contributed by atoms with Gasteiger partial charge in [-0.15, -0.1) is 0 Å². The van der Waals surface area contributed by atoms with E-state index in [2.05, 4.69) is 6.92 Å². The van der Waals surface area contributed by atoms with Crippen molar-refractivity contribution in [2.45, 2.75) is 51.9 Å². The molecule has 0 saturated carbocycles. The van der Waals surface area contributed by atoms with Crippen molar-refractivity contribution in [3.63, 3.8) is 0 Å². The summed E-state index contributed by atoms with van der Waals surface area (Å²) in [5.41, 5.74) is 0. The zero-order valence-electron chi connectivity index (χ0n) is 13.5. The second-order valence-corrected chi connectivity index (χ2v) is 6.50. The molecule has 7 heteroatoms. The van der Waals surface area contributed by atoms with Crippen molar-refractivity contribution in [1.82, 2.24) is 4.90 Å². The molecule has 0 rings (SSSR count). The number of nitrogens with zero attached hydrogens (tertiary/aromatic N) is 1. The van der Waals surface area contributed by atoms with Crippen LogP contribution >= 0.6 is 0 Å². The zero-order chi connectivity index (χ0) is 15.4. The monoisotopic (exact) mass is 343 g/mol. The van der Waals surface area contributed by atoms with Gasteiger partial charge in [-0.25, -0.2) is 8.42 Å². The number of rotatable bonds is 11. The Bertz CT molecular complexity index is 396. The molecule has 0 aromatic rings. The Morgan fingerprint density at radius 2 is 1.71 bits per heavy atom. The molecule has 0 spiro atoms. The van der Waals surface area contributed by atoms with Gasteiger partial charge in [-0.3, -0.25) is 4.79 Å². The SMILES string of the molecule is CCCCCCCC/C=C/C(=O)N(C)CCS(=O)(=O)[O-].[K+]. The summed E-state index contributed by atoms with van der Waals surface area (Å²) < 4.78 is 31.4. The van der Waals surface area contributed by atoms with Crippen molar-refractivity contribution >= 4 is 16.0 Å². The number of likely N-dealkylation sites (N-methyl/N-ethyl adjacent to an activating group) is 1. The molecule has 5 nitrogen and oxygen atoms in total. The van der Waals surface area contributed by atoms with E-state index in [9.17, 15) is 17.8 Å². The van der Waals surface area contributed by atoms with Crippen molar-refractivity contribution in [3.8, 4) is 0 Å². The summed E-state index contributed by atoms with van der Waals surface area (Å²) in [5.74, 6) is -0.805. The Kier molecular flexibility index (Phi) is 16.4. The smallest absolute Gasteiger partial charge is 0.748 e. The molecule has 118 valence electrons. The van der Waals surface area contributed by atoms with Gasteiger partial charge in [-0.1, -0.05) is 45.1 Å². The van der Waals surface area contributed by atoms with Crippen molar-refractivity contribution in [3.05, 3.63) is 12.2 Å². The molecule has 0 atom stereocenters. The third kappa shape index (κ3) is 16.9. The molecule has 0 heterocycles. The van der Waals surface area contributed by atoms with Gasteiger partial charge >= 0.3 is 51.4 Å². The fraction of sp³-hybridized carbons (Fsp3) is 0.786. The summed E-state index contributed by atoms with van der Waals surface area (Å²) in [6.45, 7) is 2.12. The fourth-order valence-corrected chi connectivity index (χ4v) is 2.21. The Morgan fingerprint density at radius 1 is 1.14 bits per heavy atom. The summed E-state index contributed by atoms with van der Waals surface area (Å²) in [7, 11) is -2.77. The number of allylic oxidation sites excluding steroid dienone is 1. The Morgan fingerprint density at radius 3 is 2.29 bits per heavy atom. The molecule has 0 bridgehead atoms. The minimum absolute atomic E-state index is 0. The van der Waals surface area contributed by atoms with Crippen LogP contribution < -0.4 is 51.4 Å². The molecule has 0 aromatic heterocycles. The molecular weight excluding hydrogens is 317 g/mol. The van der Waals surface area contributed by atoms with Crippen molar-refractivity contribution < 1.29 is 69.1 Å². The van der Waals surface area contributed by atoms with E-state index in [1.165, 1.54) is 50.1 Å². The molecule has 21 heavy (non-hydrogen) atoms. The van der Waals surface area contributed by atoms with Gasteiger partial charge < -0.3 is 9.45 Å². The zero-order valence-corrected chi connectivity index (χ0v) is 17.4. The average molecular weight is 344 g/mol. The number of hydrogen-bond acceptors (Lipinski definition) is 4. The molecule has 0 aromatic carbocycles. The number of amides is 1. The van der Waals surface area contributed by atoms with Crippen LogP contribution in [0.15, 0.2) is 12.2 Å². The maximum absolute atomic E-state index is 11.6. The topological polar surface area (TPSA) is 77.5 Å². The summed E-state index contributed by atoms with van der Waals surface area (Å²) in [5, 5.41) is 0. The van der Waals surface area contributed by atoms with E-state index < -0.39 is 15.9 Å². The van der Waals surface area contributed by atoms with Crippen molar-refractivity contribution in [2.75, 3.05) is 19.3 Å². The number of hydrogen-bond donors (Lipinski definition) is 0. The summed E-state index contributed by atoms with van der Waals surface area (Å²) >= 11 is 0. The molecule has 1 amide bonds. The van der Waals surface area contributed by atoms with Gasteiger partial charge in [0.1, 0.15) is 0 Å². The average Bonchev–Trinajstić information content (AvgIpc) is 2.38. The van der Waals surface area contributed by atoms with Crippen LogP contribution in [-0.4, -0.2) is 43.1 Å². The Balaban J connectivity index is 0. The van der Waals surface area contributed by atoms with Gasteiger partial charge in [0.05, 0.1) is 15.9 Å². The van der Waals surface area contributed by atoms with Crippen molar-refractivity contribution in [1.29, 1.82) is 0 Å². The molecule has 0 aliphatic heterocycles. The summed E-state index contributed by atoms with van der Waals surface area (Å²) in [6.07, 6.45) is 11.4. The first-order chi connectivity index (χ1) is 9.37. The normalized spacial score (nSPS) is 11.4. The predicted molar refractivity (Wildman–Crippen MR) is 79.3 cm³/mol. The fourth-order valence-electron chi connectivity index (χ4n) is 1.71. The van der Waals surface area contributed by atoms with E-state index in [4.69, 9.17) is 0 Å². The van der Waals surface area contributed by atoms with Crippen LogP contribution in [0.2, 0.25) is 0 Å². The van der Waals surface area contributed by atoms with Crippen LogP contribution in [-0.2, 0) is 14.9 Å². The Hall–Kier alpha value is 0.756. The summed E-state index contributed by atoms with van der Waals surface area (Å²) in [4.78, 5) is 12.8. The van der Waals surface area contributed by atoms with Crippen molar-refractivity contribution in [2.24, 2.45) is 0 Å². The van der Waals surface area contributed by atoms with Crippen LogP contribution in [0.5, 0.6) is 0 Å². The second kappa shape index (κ2) is 14.4. The van der Waals surface area contributed by atoms with Crippen LogP contribution in [0.4, 0.5) is 0 Å². The van der Waals surface area contributed by atoms with Gasteiger partial charge in [-0.05, 0) is 18.9 Å². The first-order valence-corrected chi connectivity index (χ1v) is 8.79. The van der Waals surface area contributed by atoms with Gasteiger partial charge in [0.25, 0.3) is 0 Å². The van der Waals surface area contributed by atoms with E-state index >= 15 is 0 Å². The molecule has 0 unspecified atom stereocenters. The number of carbonyl (C=O) groups is 1. The van der Waals surface area contributed by atoms with Gasteiger partial charge in [-0.2, -0.15) is 0 Å². The van der Waals surface area contributed by atoms with Crippen LogP contribution in [0, 0.1) is 0 Å². The van der Waals surface area contributed by atoms with E-state index in [0.717, 1.165) is 12.8 Å². The standard InChI is InChI=1S/C14H27NO4S.K/c1-3-4-5-6-7-8-9-10-11-14(16)15(2)12-13-20(17,18)19;/h10-11H,3-9,12-13H2,1-2H3,(H,17,18,19);/q;+1/p-1/b11-10+;. The number of unbranched alkanes of at least 4 members (excludes halogenated alkanes) is 6. The molecule has 0 saturated heterocycles. The molecular formula is C14H26KNO4S. The largest absolute Gasteiger partial charge is 1.00 e. The third-order valence-electron chi connectivity index (χ3n) is 3.04. The minimum Gasteiger partial charge on any atom is -0.748 e. The van der Waals surface area contributed by atoms with Crippen LogP contribution in [0.25, 0.3) is 0 Å². The van der Waals surface area contributed by atoms with Gasteiger partial charge in [0, 0.05) is 13.6 Å². The third-order valence-corrected chi connectivity index (χ3v) is 3.72. The van der Waals surface area contributed by atoms with Crippen LogP contribution in [0.1, 0.15) is 51.9 Å². The van der Waals surface area contributed by atoms with Gasteiger partial charge in [0.15, 0.2) is 0 Å². The molecule has 0 aliphatic rings. The summed E-state index contributed by atoms with van der Waals surface area (Å²) in [6, 6.07) is 0. The van der Waals surface area contributed by atoms with E-state index in [0.29, 0.717) is 0 Å². The first-order valence-electron chi connectivity index (χ1n) is 7.22. The first kappa shape index (κ1) is 24.0. The Labute approximate surface area is 171 Å². The van der Waals surface area contributed by atoms with Gasteiger partial charge in [0.2, 0.25) is 5.91 Å². The molecule has 0 radical (unpaired) electrons. The number of carbonyl (C=O) groups excluding carboxylic acids is 1. The maximum Gasteiger partial charge on any atom is 1.00 e. The maximum atomic E-state index is 11.6. The molecule has 0 fully saturated rings. The van der Waals surface area contributed by atoms with Crippen LogP contribution in [0.3, 0.4) is 0 Å². The quantitative estimate of drug-likeness (QED) is 0.215. The van der Waals surface area contributed by atoms with E-state index in [-0.39, 0.29) is 63.8 Å². The molecule has 0 N–H and O–H groups in total. The second-order valence-electron chi connectivity index (χ2n) is 4.98.